The SMILES string of the molecule is C[C@H]1CCC[C@H](c2ccccc2)N1S(=O)(=O)c1ccc(C(N)=O)cc1. The lowest BCUT2D eigenvalue weighted by atomic mass is 9.94. The molecule has 3 rings (SSSR count). The van der Waals surface area contributed by atoms with Gasteiger partial charge in [-0.15, -0.1) is 0 Å². The minimum absolute atomic E-state index is 0.0835. The van der Waals surface area contributed by atoms with E-state index in [4.69, 9.17) is 5.73 Å². The van der Waals surface area contributed by atoms with Crippen LogP contribution in [0.15, 0.2) is 59.5 Å². The number of amides is 1. The lowest BCUT2D eigenvalue weighted by molar-refractivity contribution is 0.1000. The number of hydrogen-bond donors (Lipinski definition) is 1. The lowest BCUT2D eigenvalue weighted by Crippen LogP contribution is -2.44. The van der Waals surface area contributed by atoms with Crippen LogP contribution in [0.2, 0.25) is 0 Å². The summed E-state index contributed by atoms with van der Waals surface area (Å²) in [5.74, 6) is -0.572. The van der Waals surface area contributed by atoms with Crippen molar-refractivity contribution in [3.05, 3.63) is 65.7 Å². The van der Waals surface area contributed by atoms with Gasteiger partial charge in [0.1, 0.15) is 0 Å². The number of nitrogens with zero attached hydrogens (tertiary/aromatic N) is 1. The average molecular weight is 358 g/mol. The summed E-state index contributed by atoms with van der Waals surface area (Å²) >= 11 is 0. The summed E-state index contributed by atoms with van der Waals surface area (Å²) in [6.45, 7) is 1.95. The smallest absolute Gasteiger partial charge is 0.248 e. The molecule has 1 fully saturated rings. The maximum Gasteiger partial charge on any atom is 0.248 e. The van der Waals surface area contributed by atoms with Gasteiger partial charge in [-0.25, -0.2) is 8.42 Å². The number of rotatable bonds is 4. The van der Waals surface area contributed by atoms with Gasteiger partial charge in [-0.05, 0) is 56.0 Å². The molecular formula is C19H22N2O3S. The van der Waals surface area contributed by atoms with E-state index in [2.05, 4.69) is 0 Å². The molecule has 1 aliphatic heterocycles. The van der Waals surface area contributed by atoms with Crippen molar-refractivity contribution in [3.8, 4) is 0 Å². The Bertz CT molecular complexity index is 848. The number of sulfonamides is 1. The van der Waals surface area contributed by atoms with Crippen molar-refractivity contribution in [2.24, 2.45) is 5.73 Å². The largest absolute Gasteiger partial charge is 0.366 e. The molecule has 2 atom stereocenters. The lowest BCUT2D eigenvalue weighted by Gasteiger charge is -2.39. The van der Waals surface area contributed by atoms with E-state index in [1.165, 1.54) is 24.3 Å². The van der Waals surface area contributed by atoms with E-state index < -0.39 is 15.9 Å². The molecular weight excluding hydrogens is 336 g/mol. The molecule has 2 aromatic carbocycles. The summed E-state index contributed by atoms with van der Waals surface area (Å²) in [6.07, 6.45) is 2.63. The first-order chi connectivity index (χ1) is 11.9. The van der Waals surface area contributed by atoms with Gasteiger partial charge in [-0.3, -0.25) is 4.79 Å². The maximum atomic E-state index is 13.3. The van der Waals surface area contributed by atoms with Gasteiger partial charge in [-0.1, -0.05) is 30.3 Å². The van der Waals surface area contributed by atoms with E-state index in [-0.39, 0.29) is 17.0 Å². The summed E-state index contributed by atoms with van der Waals surface area (Å²) in [7, 11) is -3.67. The zero-order valence-corrected chi connectivity index (χ0v) is 14.9. The number of nitrogens with two attached hydrogens (primary N) is 1. The fourth-order valence-electron chi connectivity index (χ4n) is 3.47. The second-order valence-corrected chi connectivity index (χ2v) is 8.27. The number of hydrogen-bond acceptors (Lipinski definition) is 3. The first kappa shape index (κ1) is 17.6. The van der Waals surface area contributed by atoms with Crippen molar-refractivity contribution in [2.75, 3.05) is 0 Å². The Kier molecular flexibility index (Phi) is 4.92. The Morgan fingerprint density at radius 1 is 1.04 bits per heavy atom. The molecule has 25 heavy (non-hydrogen) atoms. The predicted octanol–water partition coefficient (Wildman–Crippen LogP) is 3.09. The Morgan fingerprint density at radius 3 is 2.28 bits per heavy atom. The van der Waals surface area contributed by atoms with E-state index in [9.17, 15) is 13.2 Å². The van der Waals surface area contributed by atoms with E-state index >= 15 is 0 Å². The summed E-state index contributed by atoms with van der Waals surface area (Å²) in [4.78, 5) is 11.4. The highest BCUT2D eigenvalue weighted by molar-refractivity contribution is 7.89. The number of primary amides is 1. The molecule has 0 aromatic heterocycles. The quantitative estimate of drug-likeness (QED) is 0.912. The Labute approximate surface area is 148 Å². The van der Waals surface area contributed by atoms with Crippen molar-refractivity contribution >= 4 is 15.9 Å². The number of carbonyl (C=O) groups excluding carboxylic acids is 1. The molecule has 0 spiro atoms. The molecule has 132 valence electrons. The minimum atomic E-state index is -3.67. The van der Waals surface area contributed by atoms with Gasteiger partial charge in [0.25, 0.3) is 0 Å². The van der Waals surface area contributed by atoms with Gasteiger partial charge in [-0.2, -0.15) is 4.31 Å². The molecule has 1 saturated heterocycles. The van der Waals surface area contributed by atoms with Crippen LogP contribution in [0.5, 0.6) is 0 Å². The fraction of sp³-hybridized carbons (Fsp3) is 0.316. The zero-order valence-electron chi connectivity index (χ0n) is 14.1. The Balaban J connectivity index is 2.01. The molecule has 0 bridgehead atoms. The second kappa shape index (κ2) is 6.98. The van der Waals surface area contributed by atoms with Crippen LogP contribution in [-0.2, 0) is 10.0 Å². The third-order valence-electron chi connectivity index (χ3n) is 4.74. The summed E-state index contributed by atoms with van der Waals surface area (Å²) in [6, 6.07) is 15.3. The van der Waals surface area contributed by atoms with Crippen LogP contribution in [0.25, 0.3) is 0 Å². The minimum Gasteiger partial charge on any atom is -0.366 e. The van der Waals surface area contributed by atoms with Crippen LogP contribution < -0.4 is 5.73 Å². The molecule has 0 unspecified atom stereocenters. The Hall–Kier alpha value is -2.18. The highest BCUT2D eigenvalue weighted by Gasteiger charge is 2.38. The zero-order chi connectivity index (χ0) is 18.0. The van der Waals surface area contributed by atoms with Crippen molar-refractivity contribution < 1.29 is 13.2 Å². The standard InChI is InChI=1S/C19H22N2O3S/c1-14-6-5-9-18(15-7-3-2-4-8-15)21(14)25(23,24)17-12-10-16(11-13-17)19(20)22/h2-4,7-8,10-14,18H,5-6,9H2,1H3,(H2,20,22)/t14-,18+/m0/s1. The molecule has 6 heteroatoms. The molecule has 0 saturated carbocycles. The van der Waals surface area contributed by atoms with Crippen molar-refractivity contribution in [1.29, 1.82) is 0 Å². The van der Waals surface area contributed by atoms with Gasteiger partial charge < -0.3 is 5.73 Å². The van der Waals surface area contributed by atoms with Crippen LogP contribution in [0, 0.1) is 0 Å². The molecule has 2 aromatic rings. The second-order valence-electron chi connectivity index (χ2n) is 6.43. The number of piperidine rings is 1. The van der Waals surface area contributed by atoms with E-state index in [0.717, 1.165) is 24.8 Å². The highest BCUT2D eigenvalue weighted by Crippen LogP contribution is 2.38. The Morgan fingerprint density at radius 2 is 1.68 bits per heavy atom. The molecule has 1 aliphatic rings. The van der Waals surface area contributed by atoms with E-state index in [1.807, 2.05) is 37.3 Å². The van der Waals surface area contributed by atoms with Gasteiger partial charge in [0, 0.05) is 11.6 Å². The number of benzene rings is 2. The molecule has 1 amide bonds. The first-order valence-electron chi connectivity index (χ1n) is 8.39. The highest BCUT2D eigenvalue weighted by atomic mass is 32.2. The maximum absolute atomic E-state index is 13.3. The van der Waals surface area contributed by atoms with Gasteiger partial charge in [0.15, 0.2) is 0 Å². The third kappa shape index (κ3) is 3.45. The normalized spacial score (nSPS) is 21.8. The third-order valence-corrected chi connectivity index (χ3v) is 6.78. The van der Waals surface area contributed by atoms with Gasteiger partial charge in [0.2, 0.25) is 15.9 Å². The molecule has 5 nitrogen and oxygen atoms in total. The molecule has 2 N–H and O–H groups in total. The van der Waals surface area contributed by atoms with Crippen LogP contribution in [0.1, 0.15) is 48.1 Å². The summed E-state index contributed by atoms with van der Waals surface area (Å²) in [5, 5.41) is 0. The van der Waals surface area contributed by atoms with Crippen molar-refractivity contribution in [2.45, 2.75) is 43.2 Å². The first-order valence-corrected chi connectivity index (χ1v) is 9.83. The number of carbonyl (C=O) groups is 1. The summed E-state index contributed by atoms with van der Waals surface area (Å²) in [5.41, 5.74) is 6.54. The summed E-state index contributed by atoms with van der Waals surface area (Å²) < 4.78 is 28.2. The molecule has 1 heterocycles. The molecule has 0 radical (unpaired) electrons. The van der Waals surface area contributed by atoms with Crippen LogP contribution in [-0.4, -0.2) is 24.7 Å². The average Bonchev–Trinajstić information content (AvgIpc) is 2.62. The van der Waals surface area contributed by atoms with Crippen LogP contribution >= 0.6 is 0 Å². The predicted molar refractivity (Wildman–Crippen MR) is 96.5 cm³/mol. The van der Waals surface area contributed by atoms with Crippen LogP contribution in [0.3, 0.4) is 0 Å². The fourth-order valence-corrected chi connectivity index (χ4v) is 5.34. The van der Waals surface area contributed by atoms with E-state index in [1.54, 1.807) is 4.31 Å². The van der Waals surface area contributed by atoms with Gasteiger partial charge in [0.05, 0.1) is 10.9 Å². The van der Waals surface area contributed by atoms with E-state index in [0.29, 0.717) is 5.56 Å². The van der Waals surface area contributed by atoms with Gasteiger partial charge >= 0.3 is 0 Å². The van der Waals surface area contributed by atoms with Crippen molar-refractivity contribution in [3.63, 3.8) is 0 Å². The monoisotopic (exact) mass is 358 g/mol. The molecule has 0 aliphatic carbocycles. The van der Waals surface area contributed by atoms with Crippen molar-refractivity contribution in [1.82, 2.24) is 4.31 Å². The van der Waals surface area contributed by atoms with Crippen LogP contribution in [0.4, 0.5) is 0 Å². The topological polar surface area (TPSA) is 80.5 Å².